The number of aromatic nitrogens is 2. The lowest BCUT2D eigenvalue weighted by Crippen LogP contribution is -2.44. The van der Waals surface area contributed by atoms with E-state index in [-0.39, 0.29) is 16.5 Å². The van der Waals surface area contributed by atoms with Gasteiger partial charge in [-0.2, -0.15) is 4.37 Å². The van der Waals surface area contributed by atoms with Crippen LogP contribution in [0.25, 0.3) is 0 Å². The van der Waals surface area contributed by atoms with Crippen LogP contribution in [0.3, 0.4) is 0 Å². The molecule has 0 saturated carbocycles. The summed E-state index contributed by atoms with van der Waals surface area (Å²) in [6.07, 6.45) is 0. The summed E-state index contributed by atoms with van der Waals surface area (Å²) in [6, 6.07) is 4.61. The Morgan fingerprint density at radius 1 is 1.27 bits per heavy atom. The lowest BCUT2D eigenvalue weighted by Gasteiger charge is -2.23. The average molecular weight is 504 g/mol. The second kappa shape index (κ2) is 8.18. The van der Waals surface area contributed by atoms with Gasteiger partial charge in [-0.3, -0.25) is 28.9 Å². The van der Waals surface area contributed by atoms with E-state index in [0.717, 1.165) is 18.1 Å². The van der Waals surface area contributed by atoms with E-state index in [0.29, 0.717) is 34.5 Å². The number of aliphatic imine (C=N–C) groups is 1. The summed E-state index contributed by atoms with van der Waals surface area (Å²) in [4.78, 5) is 15.9. The highest BCUT2D eigenvalue weighted by molar-refractivity contribution is 8.23. The molecule has 2 aliphatic heterocycles. The average Bonchev–Trinajstić information content (AvgIpc) is 3.41. The van der Waals surface area contributed by atoms with Crippen LogP contribution in [-0.2, 0) is 16.6 Å². The van der Waals surface area contributed by atoms with Gasteiger partial charge in [-0.25, -0.2) is 13.1 Å². The van der Waals surface area contributed by atoms with Crippen molar-refractivity contribution in [3.8, 4) is 0 Å². The molecule has 1 aromatic carbocycles. The van der Waals surface area contributed by atoms with Crippen LogP contribution < -0.4 is 9.03 Å². The Morgan fingerprint density at radius 2 is 2.00 bits per heavy atom. The zero-order valence-corrected chi connectivity index (χ0v) is 19.1. The molecule has 1 aromatic heterocycles. The normalized spacial score (nSPS) is 15.8. The molecule has 0 saturated heterocycles. The Labute approximate surface area is 189 Å². The molecule has 30 heavy (non-hydrogen) atoms. The minimum atomic E-state index is -3.98. The number of nitrogens with zero attached hydrogens (tertiary/aromatic N) is 6. The van der Waals surface area contributed by atoms with Crippen LogP contribution in [0.1, 0.15) is 0 Å². The van der Waals surface area contributed by atoms with Gasteiger partial charge in [0, 0.05) is 37.2 Å². The van der Waals surface area contributed by atoms with Gasteiger partial charge in [-0.1, -0.05) is 12.2 Å². The van der Waals surface area contributed by atoms with Crippen molar-refractivity contribution in [2.45, 2.75) is 11.4 Å². The van der Waals surface area contributed by atoms with Crippen LogP contribution in [0.4, 0.5) is 11.6 Å². The third-order valence-electron chi connectivity index (χ3n) is 4.25. The van der Waals surface area contributed by atoms with Crippen molar-refractivity contribution in [2.75, 3.05) is 23.9 Å². The second-order valence-electron chi connectivity index (χ2n) is 6.07. The molecule has 0 fully saturated rings. The van der Waals surface area contributed by atoms with Crippen molar-refractivity contribution in [2.24, 2.45) is 4.99 Å². The number of hydrogen-bond donors (Lipinski definition) is 1. The van der Waals surface area contributed by atoms with E-state index >= 15 is 0 Å². The highest BCUT2D eigenvalue weighted by atomic mass is 32.2. The fourth-order valence-electron chi connectivity index (χ4n) is 2.79. The van der Waals surface area contributed by atoms with Crippen LogP contribution in [0.15, 0.2) is 34.2 Å². The third kappa shape index (κ3) is 4.04. The lowest BCUT2D eigenvalue weighted by atomic mass is 10.3. The zero-order valence-electron chi connectivity index (χ0n) is 15.0. The monoisotopic (exact) mass is 503 g/mol. The number of anilines is 1. The maximum atomic E-state index is 12.7. The zero-order chi connectivity index (χ0) is 21.5. The second-order valence-corrected chi connectivity index (χ2v) is 10.8. The van der Waals surface area contributed by atoms with Crippen molar-refractivity contribution in [1.82, 2.24) is 18.6 Å². The summed E-state index contributed by atoms with van der Waals surface area (Å²) in [7, 11) is -3.98. The summed E-state index contributed by atoms with van der Waals surface area (Å²) in [5, 5.41) is 10.8. The fourth-order valence-corrected chi connectivity index (χ4v) is 6.09. The predicted octanol–water partition coefficient (Wildman–Crippen LogP) is 1.99. The van der Waals surface area contributed by atoms with E-state index in [1.807, 2.05) is 8.87 Å². The quantitative estimate of drug-likeness (QED) is 0.286. The molecule has 2 aromatic rings. The third-order valence-corrected chi connectivity index (χ3v) is 8.06. The molecule has 0 spiro atoms. The summed E-state index contributed by atoms with van der Waals surface area (Å²) in [5.41, 5.74) is -0.196. The molecule has 11 nitrogen and oxygen atoms in total. The topological polar surface area (TPSA) is 126 Å². The van der Waals surface area contributed by atoms with Crippen LogP contribution in [0.5, 0.6) is 0 Å². The van der Waals surface area contributed by atoms with Gasteiger partial charge in [0.05, 0.1) is 22.9 Å². The van der Waals surface area contributed by atoms with Gasteiger partial charge in [-0.05, 0) is 35.9 Å². The van der Waals surface area contributed by atoms with Crippen LogP contribution in [-0.4, -0.2) is 57.1 Å². The minimum Gasteiger partial charge on any atom is -0.294 e. The van der Waals surface area contributed by atoms with E-state index in [1.165, 1.54) is 35.6 Å². The first kappa shape index (κ1) is 21.1. The number of nitro groups is 1. The van der Waals surface area contributed by atoms with Crippen molar-refractivity contribution >= 4 is 79.9 Å². The summed E-state index contributed by atoms with van der Waals surface area (Å²) in [5.74, 6) is 0.835. The van der Waals surface area contributed by atoms with E-state index < -0.39 is 14.9 Å². The molecule has 0 aliphatic carbocycles. The first-order chi connectivity index (χ1) is 14.3. The first-order valence-corrected chi connectivity index (χ1v) is 12.3. The SMILES string of the molecule is O=[N+]([O-])c1ccc(S(=O)(=O)NC2=NCCN2C(=S)SN2CCn3c2nsc3=S)cc1. The molecular weight excluding hydrogens is 491 g/mol. The number of sulfonamides is 1. The number of nitro benzene ring substituents is 1. The minimum absolute atomic E-state index is 0.109. The van der Waals surface area contributed by atoms with Crippen LogP contribution >= 0.6 is 47.9 Å². The number of hydrogen-bond acceptors (Lipinski definition) is 11. The predicted molar refractivity (Wildman–Crippen MR) is 121 cm³/mol. The van der Waals surface area contributed by atoms with Crippen LogP contribution in [0.2, 0.25) is 0 Å². The van der Waals surface area contributed by atoms with Gasteiger partial charge in [0.15, 0.2) is 8.27 Å². The molecule has 158 valence electrons. The largest absolute Gasteiger partial charge is 0.294 e. The van der Waals surface area contributed by atoms with Crippen molar-refractivity contribution in [3.05, 3.63) is 38.3 Å². The van der Waals surface area contributed by atoms with Gasteiger partial charge in [0.1, 0.15) is 0 Å². The number of guanidine groups is 1. The Morgan fingerprint density at radius 3 is 2.70 bits per heavy atom. The Kier molecular flexibility index (Phi) is 5.75. The number of fused-ring (bicyclic) bond motifs is 1. The highest BCUT2D eigenvalue weighted by Crippen LogP contribution is 2.30. The van der Waals surface area contributed by atoms with Gasteiger partial charge < -0.3 is 0 Å². The maximum absolute atomic E-state index is 12.7. The van der Waals surface area contributed by atoms with Gasteiger partial charge >= 0.3 is 0 Å². The van der Waals surface area contributed by atoms with Crippen molar-refractivity contribution < 1.29 is 13.3 Å². The number of non-ortho nitro benzene ring substituents is 1. The molecule has 16 heteroatoms. The fraction of sp³-hybridized carbons (Fsp3) is 0.286. The molecule has 2 aliphatic rings. The standard InChI is InChI=1S/C14H13N7O4S5/c22-21(23)9-1-3-10(4-2-9)30(24,25)17-11-15-5-6-18(11)14(27)29-20-8-7-19-12(20)16-28-13(19)26/h1-4H,5-8H2,(H,15,17). The molecule has 4 rings (SSSR count). The Hall–Kier alpha value is -2.14. The number of rotatable bonds is 4. The smallest absolute Gasteiger partial charge is 0.269 e. The Balaban J connectivity index is 1.46. The number of benzene rings is 1. The van der Waals surface area contributed by atoms with Crippen LogP contribution in [0, 0.1) is 14.1 Å². The molecule has 1 N–H and O–H groups in total. The van der Waals surface area contributed by atoms with E-state index in [1.54, 1.807) is 4.90 Å². The molecule has 0 unspecified atom stereocenters. The summed E-state index contributed by atoms with van der Waals surface area (Å²) in [6.45, 7) is 2.21. The number of nitrogens with one attached hydrogen (secondary N) is 1. The summed E-state index contributed by atoms with van der Waals surface area (Å²) < 4.78 is 37.1. The highest BCUT2D eigenvalue weighted by Gasteiger charge is 2.30. The molecule has 0 atom stereocenters. The number of thiocarbonyl (C=S) groups is 1. The van der Waals surface area contributed by atoms with E-state index in [9.17, 15) is 18.5 Å². The van der Waals surface area contributed by atoms with E-state index in [4.69, 9.17) is 24.4 Å². The maximum Gasteiger partial charge on any atom is 0.269 e. The van der Waals surface area contributed by atoms with Crippen molar-refractivity contribution in [3.63, 3.8) is 0 Å². The van der Waals surface area contributed by atoms with Gasteiger partial charge in [-0.15, -0.1) is 0 Å². The molecule has 3 heterocycles. The lowest BCUT2D eigenvalue weighted by molar-refractivity contribution is -0.384. The van der Waals surface area contributed by atoms with E-state index in [2.05, 4.69) is 14.1 Å². The molecule has 0 radical (unpaired) electrons. The molecule has 0 amide bonds. The van der Waals surface area contributed by atoms with Gasteiger partial charge in [0.2, 0.25) is 11.9 Å². The molecular formula is C14H13N7O4S5. The van der Waals surface area contributed by atoms with Gasteiger partial charge in [0.25, 0.3) is 15.7 Å². The Bertz CT molecular complexity index is 1200. The first-order valence-electron chi connectivity index (χ1n) is 8.41. The summed E-state index contributed by atoms with van der Waals surface area (Å²) >= 11 is 13.3. The molecule has 0 bridgehead atoms. The van der Waals surface area contributed by atoms with Crippen molar-refractivity contribution in [1.29, 1.82) is 0 Å².